The topological polar surface area (TPSA) is 35.5 Å². The molecule has 0 radical (unpaired) electrons. The van der Waals surface area contributed by atoms with Gasteiger partial charge < -0.3 is 14.3 Å². The van der Waals surface area contributed by atoms with Crippen molar-refractivity contribution in [2.45, 2.75) is 52.4 Å². The first-order valence-corrected chi connectivity index (χ1v) is 7.99. The van der Waals surface area contributed by atoms with Gasteiger partial charge in [0.1, 0.15) is 5.78 Å². The Kier molecular flexibility index (Phi) is 8.34. The third kappa shape index (κ3) is 6.33. The second-order valence-corrected chi connectivity index (χ2v) is 5.50. The minimum Gasteiger partial charge on any atom is -0.493 e. The van der Waals surface area contributed by atoms with Gasteiger partial charge in [-0.25, -0.2) is 0 Å². The second kappa shape index (κ2) is 10.0. The average molecular weight is 304 g/mol. The minimum atomic E-state index is 0.279. The number of allylic oxidation sites excluding steroid dienone is 2. The van der Waals surface area contributed by atoms with Gasteiger partial charge in [0, 0.05) is 6.42 Å². The number of methoxy groups -OCH3 is 2. The van der Waals surface area contributed by atoms with E-state index in [4.69, 9.17) is 9.47 Å². The van der Waals surface area contributed by atoms with Gasteiger partial charge in [0.15, 0.2) is 11.5 Å². The van der Waals surface area contributed by atoms with Crippen LogP contribution in [0, 0.1) is 0 Å². The Labute approximate surface area is 134 Å². The molecule has 3 heteroatoms. The number of carbonyl (C=O) groups excluding carboxylic acids is 1. The van der Waals surface area contributed by atoms with Crippen LogP contribution >= 0.6 is 0 Å². The molecule has 0 aromatic heterocycles. The molecule has 0 fully saturated rings. The van der Waals surface area contributed by atoms with E-state index in [1.54, 1.807) is 21.1 Å². The number of ketones is 1. The molecule has 1 aromatic carbocycles. The quantitative estimate of drug-likeness (QED) is 0.586. The van der Waals surface area contributed by atoms with Crippen LogP contribution in [0.1, 0.15) is 51.5 Å². The Hall–Kier alpha value is -1.77. The van der Waals surface area contributed by atoms with Crippen LogP contribution in [0.15, 0.2) is 29.8 Å². The van der Waals surface area contributed by atoms with E-state index >= 15 is 0 Å². The summed E-state index contributed by atoms with van der Waals surface area (Å²) in [7, 11) is 3.31. The Morgan fingerprint density at radius 2 is 1.86 bits per heavy atom. The number of carbonyl (C=O) groups is 1. The van der Waals surface area contributed by atoms with Gasteiger partial charge in [0.25, 0.3) is 0 Å². The summed E-state index contributed by atoms with van der Waals surface area (Å²) in [5.74, 6) is 1.82. The maximum atomic E-state index is 11.0. The molecule has 3 nitrogen and oxygen atoms in total. The highest BCUT2D eigenvalue weighted by molar-refractivity contribution is 5.75. The lowest BCUT2D eigenvalue weighted by Gasteiger charge is -2.09. The molecule has 0 atom stereocenters. The van der Waals surface area contributed by atoms with Crippen LogP contribution in [0.2, 0.25) is 0 Å². The highest BCUT2D eigenvalue weighted by Gasteiger charge is 2.04. The zero-order valence-corrected chi connectivity index (χ0v) is 14.3. The normalized spacial score (nSPS) is 11.4. The van der Waals surface area contributed by atoms with Crippen LogP contribution in [0.3, 0.4) is 0 Å². The summed E-state index contributed by atoms with van der Waals surface area (Å²) in [6, 6.07) is 6.07. The molecule has 0 aliphatic rings. The summed E-state index contributed by atoms with van der Waals surface area (Å²) in [4.78, 5) is 11.0. The summed E-state index contributed by atoms with van der Waals surface area (Å²) in [6.45, 7) is 3.84. The number of Topliss-reactive ketones (excluding diaryl/α,β-unsaturated/α-hetero) is 1. The molecule has 0 bridgehead atoms. The second-order valence-electron chi connectivity index (χ2n) is 5.50. The summed E-state index contributed by atoms with van der Waals surface area (Å²) >= 11 is 0. The van der Waals surface area contributed by atoms with Crippen molar-refractivity contribution in [2.75, 3.05) is 14.2 Å². The van der Waals surface area contributed by atoms with Crippen LogP contribution in [0.25, 0.3) is 0 Å². The molecule has 22 heavy (non-hydrogen) atoms. The van der Waals surface area contributed by atoms with Gasteiger partial charge in [-0.15, -0.1) is 0 Å². The molecule has 0 aliphatic heterocycles. The molecule has 1 aromatic rings. The van der Waals surface area contributed by atoms with Crippen LogP contribution < -0.4 is 9.47 Å². The van der Waals surface area contributed by atoms with Gasteiger partial charge in [-0.3, -0.25) is 0 Å². The van der Waals surface area contributed by atoms with Crippen LogP contribution in [0.4, 0.5) is 0 Å². The predicted molar refractivity (Wildman–Crippen MR) is 90.8 cm³/mol. The number of rotatable bonds is 10. The van der Waals surface area contributed by atoms with E-state index in [0.29, 0.717) is 6.42 Å². The molecule has 0 spiro atoms. The third-order valence-electron chi connectivity index (χ3n) is 3.79. The summed E-state index contributed by atoms with van der Waals surface area (Å²) in [5.41, 5.74) is 2.69. The largest absolute Gasteiger partial charge is 0.493 e. The molecule has 122 valence electrons. The molecular formula is C19H28O3. The van der Waals surface area contributed by atoms with Crippen LogP contribution in [0.5, 0.6) is 11.5 Å². The number of benzene rings is 1. The number of hydrogen-bond donors (Lipinski definition) is 0. The summed E-state index contributed by atoms with van der Waals surface area (Å²) in [5, 5.41) is 0. The van der Waals surface area contributed by atoms with E-state index in [9.17, 15) is 4.79 Å². The first-order valence-electron chi connectivity index (χ1n) is 7.99. The lowest BCUT2D eigenvalue weighted by molar-refractivity contribution is -0.117. The molecule has 0 saturated carbocycles. The first-order chi connectivity index (χ1) is 10.6. The van der Waals surface area contributed by atoms with E-state index in [1.165, 1.54) is 11.1 Å². The van der Waals surface area contributed by atoms with Crippen LogP contribution in [-0.4, -0.2) is 20.0 Å². The van der Waals surface area contributed by atoms with E-state index < -0.39 is 0 Å². The lowest BCUT2D eigenvalue weighted by Crippen LogP contribution is -1.93. The van der Waals surface area contributed by atoms with E-state index in [1.807, 2.05) is 12.1 Å². The zero-order chi connectivity index (χ0) is 16.4. The van der Waals surface area contributed by atoms with E-state index in [-0.39, 0.29) is 5.78 Å². The summed E-state index contributed by atoms with van der Waals surface area (Å²) in [6.07, 6.45) is 8.05. The third-order valence-corrected chi connectivity index (χ3v) is 3.79. The Morgan fingerprint density at radius 1 is 1.14 bits per heavy atom. The predicted octanol–water partition coefficient (Wildman–Crippen LogP) is 4.73. The number of hydrogen-bond acceptors (Lipinski definition) is 3. The molecule has 0 amide bonds. The van der Waals surface area contributed by atoms with Gasteiger partial charge >= 0.3 is 0 Å². The maximum Gasteiger partial charge on any atom is 0.160 e. The number of aryl methyl sites for hydroxylation is 1. The Morgan fingerprint density at radius 3 is 2.45 bits per heavy atom. The minimum absolute atomic E-state index is 0.279. The highest BCUT2D eigenvalue weighted by Crippen LogP contribution is 2.28. The van der Waals surface area contributed by atoms with Crippen molar-refractivity contribution >= 4 is 5.78 Å². The molecule has 0 heterocycles. The van der Waals surface area contributed by atoms with Crippen molar-refractivity contribution < 1.29 is 14.3 Å². The fourth-order valence-electron chi connectivity index (χ4n) is 2.47. The van der Waals surface area contributed by atoms with E-state index in [0.717, 1.165) is 43.6 Å². The Balaban J connectivity index is 2.53. The molecule has 0 saturated heterocycles. The smallest absolute Gasteiger partial charge is 0.160 e. The van der Waals surface area contributed by atoms with Gasteiger partial charge in [-0.1, -0.05) is 24.6 Å². The lowest BCUT2D eigenvalue weighted by atomic mass is 10.0. The fourth-order valence-corrected chi connectivity index (χ4v) is 2.47. The number of ether oxygens (including phenoxy) is 2. The van der Waals surface area contributed by atoms with Crippen molar-refractivity contribution in [1.82, 2.24) is 0 Å². The van der Waals surface area contributed by atoms with Gasteiger partial charge in [0.2, 0.25) is 0 Å². The van der Waals surface area contributed by atoms with E-state index in [2.05, 4.69) is 19.1 Å². The Bertz CT molecular complexity index is 503. The van der Waals surface area contributed by atoms with Crippen molar-refractivity contribution in [2.24, 2.45) is 0 Å². The molecular weight excluding hydrogens is 276 g/mol. The van der Waals surface area contributed by atoms with Gasteiger partial charge in [-0.05, 0) is 56.7 Å². The highest BCUT2D eigenvalue weighted by atomic mass is 16.5. The monoisotopic (exact) mass is 304 g/mol. The molecule has 0 aliphatic carbocycles. The van der Waals surface area contributed by atoms with Crippen LogP contribution in [-0.2, 0) is 11.2 Å². The fraction of sp³-hybridized carbons (Fsp3) is 0.526. The average Bonchev–Trinajstić information content (AvgIpc) is 2.52. The molecule has 1 rings (SSSR count). The van der Waals surface area contributed by atoms with Crippen molar-refractivity contribution in [1.29, 1.82) is 0 Å². The van der Waals surface area contributed by atoms with Gasteiger partial charge in [0.05, 0.1) is 14.2 Å². The van der Waals surface area contributed by atoms with Crippen molar-refractivity contribution in [3.8, 4) is 11.5 Å². The zero-order valence-electron chi connectivity index (χ0n) is 14.3. The maximum absolute atomic E-state index is 11.0. The first kappa shape index (κ1) is 18.3. The summed E-state index contributed by atoms with van der Waals surface area (Å²) < 4.78 is 10.6. The molecule has 0 N–H and O–H groups in total. The SMILES string of the molecule is CCC(=CCCc1ccc(OC)c(OC)c1)CCCC(C)=O. The van der Waals surface area contributed by atoms with Crippen molar-refractivity contribution in [3.63, 3.8) is 0 Å². The molecule has 0 unspecified atom stereocenters. The van der Waals surface area contributed by atoms with Crippen molar-refractivity contribution in [3.05, 3.63) is 35.4 Å². The standard InChI is InChI=1S/C19H28O3/c1-5-16(9-6-8-15(2)20)10-7-11-17-12-13-18(21-3)19(14-17)22-4/h10,12-14H,5-9,11H2,1-4H3. The van der Waals surface area contributed by atoms with Gasteiger partial charge in [-0.2, -0.15) is 0 Å².